The number of Topliss-reactive ketones (excluding diaryl/α,β-unsaturated/α-hetero) is 1. The van der Waals surface area contributed by atoms with Crippen LogP contribution in [0, 0.1) is 0 Å². The molecule has 3 rings (SSSR count). The van der Waals surface area contributed by atoms with Gasteiger partial charge in [-0.05, 0) is 52.2 Å². The smallest absolute Gasteiger partial charge is 0.174 e. The third kappa shape index (κ3) is 5.02. The van der Waals surface area contributed by atoms with Gasteiger partial charge in [0.1, 0.15) is 40.4 Å². The fourth-order valence-corrected chi connectivity index (χ4v) is 3.67. The molecule has 2 aromatic carbocycles. The topological polar surface area (TPSA) is 107 Å². The number of carbonyl (C=O) groups is 1. The van der Waals surface area contributed by atoms with Gasteiger partial charge in [-0.2, -0.15) is 0 Å². The van der Waals surface area contributed by atoms with E-state index in [4.69, 9.17) is 4.74 Å². The first-order valence-corrected chi connectivity index (χ1v) is 10.3. The summed E-state index contributed by atoms with van der Waals surface area (Å²) in [7, 11) is 0. The molecule has 0 spiro atoms. The Morgan fingerprint density at radius 2 is 1.81 bits per heavy atom. The molecule has 0 saturated carbocycles. The van der Waals surface area contributed by atoms with Crippen LogP contribution >= 0.6 is 0 Å². The van der Waals surface area contributed by atoms with Crippen LogP contribution in [0.15, 0.2) is 47.6 Å². The SMILES string of the molecule is CC(C)=CCCC(C)=CCc1c(O)ccc(C2CC(=O)c3c(O)cc(O)cc3O2)c1O. The fraction of sp³-hybridized carbons (Fsp3) is 0.320. The average molecular weight is 424 g/mol. The van der Waals surface area contributed by atoms with Crippen LogP contribution in [0.4, 0.5) is 0 Å². The lowest BCUT2D eigenvalue weighted by Gasteiger charge is -2.27. The van der Waals surface area contributed by atoms with Crippen molar-refractivity contribution in [3.05, 3.63) is 64.3 Å². The Hall–Kier alpha value is -3.41. The number of aromatic hydroxyl groups is 4. The number of fused-ring (bicyclic) bond motifs is 1. The lowest BCUT2D eigenvalue weighted by Crippen LogP contribution is -2.20. The van der Waals surface area contributed by atoms with Crippen molar-refractivity contribution in [2.45, 2.75) is 52.6 Å². The van der Waals surface area contributed by atoms with E-state index in [9.17, 15) is 25.2 Å². The zero-order valence-corrected chi connectivity index (χ0v) is 18.0. The predicted octanol–water partition coefficient (Wildman–Crippen LogP) is 5.45. The van der Waals surface area contributed by atoms with Gasteiger partial charge in [0.15, 0.2) is 5.78 Å². The average Bonchev–Trinajstić information content (AvgIpc) is 2.66. The van der Waals surface area contributed by atoms with Gasteiger partial charge in [-0.3, -0.25) is 4.79 Å². The fourth-order valence-electron chi connectivity index (χ4n) is 3.67. The lowest BCUT2D eigenvalue weighted by molar-refractivity contribution is 0.0842. The first-order valence-electron chi connectivity index (χ1n) is 10.3. The van der Waals surface area contributed by atoms with E-state index >= 15 is 0 Å². The van der Waals surface area contributed by atoms with Crippen LogP contribution in [0.25, 0.3) is 0 Å². The molecule has 0 amide bonds. The maximum atomic E-state index is 12.6. The normalized spacial score (nSPS) is 15.9. The third-order valence-corrected chi connectivity index (χ3v) is 5.37. The van der Waals surface area contributed by atoms with Gasteiger partial charge >= 0.3 is 0 Å². The lowest BCUT2D eigenvalue weighted by atomic mass is 9.93. The van der Waals surface area contributed by atoms with Gasteiger partial charge in [-0.15, -0.1) is 0 Å². The van der Waals surface area contributed by atoms with Gasteiger partial charge in [0.05, 0.1) is 6.42 Å². The minimum absolute atomic E-state index is 0.0162. The number of ether oxygens (including phenoxy) is 1. The first-order chi connectivity index (χ1) is 14.7. The highest BCUT2D eigenvalue weighted by molar-refractivity contribution is 6.02. The molecule has 1 atom stereocenters. The molecule has 4 N–H and O–H groups in total. The van der Waals surface area contributed by atoms with Crippen molar-refractivity contribution < 1.29 is 30.0 Å². The zero-order chi connectivity index (χ0) is 22.7. The Balaban J connectivity index is 1.85. The number of ketones is 1. The number of benzene rings is 2. The van der Waals surface area contributed by atoms with Gasteiger partial charge < -0.3 is 25.2 Å². The number of carbonyl (C=O) groups excluding carboxylic acids is 1. The number of hydrogen-bond acceptors (Lipinski definition) is 6. The van der Waals surface area contributed by atoms with Crippen molar-refractivity contribution in [1.29, 1.82) is 0 Å². The molecule has 0 bridgehead atoms. The molecule has 1 unspecified atom stereocenters. The second-order valence-corrected chi connectivity index (χ2v) is 8.15. The number of rotatable bonds is 6. The summed E-state index contributed by atoms with van der Waals surface area (Å²) in [6, 6.07) is 5.34. The summed E-state index contributed by atoms with van der Waals surface area (Å²) in [5.41, 5.74) is 3.15. The maximum Gasteiger partial charge on any atom is 0.174 e. The number of allylic oxidation sites excluding steroid dienone is 4. The molecule has 0 fully saturated rings. The molecular weight excluding hydrogens is 396 g/mol. The molecular formula is C25H28O6. The molecule has 0 aliphatic carbocycles. The van der Waals surface area contributed by atoms with Crippen LogP contribution in [-0.2, 0) is 6.42 Å². The Labute approximate surface area is 181 Å². The molecule has 1 aliphatic heterocycles. The van der Waals surface area contributed by atoms with E-state index in [0.717, 1.165) is 24.5 Å². The van der Waals surface area contributed by atoms with Crippen LogP contribution in [-0.4, -0.2) is 26.2 Å². The van der Waals surface area contributed by atoms with Gasteiger partial charge in [-0.25, -0.2) is 0 Å². The molecule has 2 aromatic rings. The summed E-state index contributed by atoms with van der Waals surface area (Å²) in [5.74, 6) is -1.03. The highest BCUT2D eigenvalue weighted by atomic mass is 16.5. The molecule has 31 heavy (non-hydrogen) atoms. The molecule has 0 radical (unpaired) electrons. The summed E-state index contributed by atoms with van der Waals surface area (Å²) in [6.45, 7) is 6.12. The quantitative estimate of drug-likeness (QED) is 0.459. The Morgan fingerprint density at radius 1 is 1.06 bits per heavy atom. The predicted molar refractivity (Wildman–Crippen MR) is 118 cm³/mol. The molecule has 164 valence electrons. The van der Waals surface area contributed by atoms with Crippen molar-refractivity contribution in [2.75, 3.05) is 0 Å². The van der Waals surface area contributed by atoms with Gasteiger partial charge in [0, 0.05) is 23.3 Å². The summed E-state index contributed by atoms with van der Waals surface area (Å²) >= 11 is 0. The van der Waals surface area contributed by atoms with Crippen molar-refractivity contribution >= 4 is 5.78 Å². The summed E-state index contributed by atoms with van der Waals surface area (Å²) in [4.78, 5) is 12.6. The number of phenols is 4. The van der Waals surface area contributed by atoms with E-state index < -0.39 is 6.10 Å². The molecule has 0 aromatic heterocycles. The molecule has 0 saturated heterocycles. The molecule has 1 heterocycles. The largest absolute Gasteiger partial charge is 0.508 e. The third-order valence-electron chi connectivity index (χ3n) is 5.37. The molecule has 1 aliphatic rings. The highest BCUT2D eigenvalue weighted by Gasteiger charge is 2.32. The van der Waals surface area contributed by atoms with Crippen molar-refractivity contribution in [3.8, 4) is 28.7 Å². The summed E-state index contributed by atoms with van der Waals surface area (Å²) < 4.78 is 5.82. The molecule has 6 nitrogen and oxygen atoms in total. The standard InChI is InChI=1S/C25H28O6/c1-14(2)5-4-6-15(3)7-8-17-19(27)10-9-18(25(17)30)22-13-21(29)24-20(28)11-16(26)12-23(24)31-22/h5,7,9-12,22,26-28,30H,4,6,8,13H2,1-3H3. The van der Waals surface area contributed by atoms with Crippen LogP contribution in [0.1, 0.15) is 67.6 Å². The first kappa shape index (κ1) is 22.3. The minimum atomic E-state index is -0.803. The summed E-state index contributed by atoms with van der Waals surface area (Å²) in [5, 5.41) is 40.8. The van der Waals surface area contributed by atoms with Gasteiger partial charge in [-0.1, -0.05) is 23.3 Å². The second-order valence-electron chi connectivity index (χ2n) is 8.15. The Kier molecular flexibility index (Phi) is 6.59. The summed E-state index contributed by atoms with van der Waals surface area (Å²) in [6.07, 6.45) is 5.40. The van der Waals surface area contributed by atoms with Crippen molar-refractivity contribution in [1.82, 2.24) is 0 Å². The van der Waals surface area contributed by atoms with Crippen molar-refractivity contribution in [3.63, 3.8) is 0 Å². The zero-order valence-electron chi connectivity index (χ0n) is 18.0. The Bertz CT molecular complexity index is 1060. The van der Waals surface area contributed by atoms with E-state index in [1.54, 1.807) is 0 Å². The van der Waals surface area contributed by atoms with Crippen LogP contribution in [0.2, 0.25) is 0 Å². The van der Waals surface area contributed by atoms with E-state index in [1.807, 2.05) is 13.0 Å². The Morgan fingerprint density at radius 3 is 2.52 bits per heavy atom. The molecule has 6 heteroatoms. The highest BCUT2D eigenvalue weighted by Crippen LogP contribution is 2.44. The monoisotopic (exact) mass is 424 g/mol. The van der Waals surface area contributed by atoms with E-state index in [2.05, 4.69) is 19.9 Å². The second kappa shape index (κ2) is 9.16. The van der Waals surface area contributed by atoms with Crippen LogP contribution in [0.5, 0.6) is 28.7 Å². The maximum absolute atomic E-state index is 12.6. The van der Waals surface area contributed by atoms with Gasteiger partial charge in [0.2, 0.25) is 0 Å². The van der Waals surface area contributed by atoms with Crippen LogP contribution < -0.4 is 4.74 Å². The van der Waals surface area contributed by atoms with E-state index in [1.165, 1.54) is 23.8 Å². The van der Waals surface area contributed by atoms with E-state index in [0.29, 0.717) is 17.5 Å². The van der Waals surface area contributed by atoms with E-state index in [-0.39, 0.29) is 46.5 Å². The van der Waals surface area contributed by atoms with Crippen LogP contribution in [0.3, 0.4) is 0 Å². The number of phenolic OH excluding ortho intramolecular Hbond substituents is 4. The minimum Gasteiger partial charge on any atom is -0.508 e. The number of hydrogen-bond donors (Lipinski definition) is 4. The van der Waals surface area contributed by atoms with Crippen molar-refractivity contribution in [2.24, 2.45) is 0 Å². The van der Waals surface area contributed by atoms with Gasteiger partial charge in [0.25, 0.3) is 0 Å².